The van der Waals surface area contributed by atoms with Gasteiger partial charge in [-0.05, 0) is 18.2 Å². The van der Waals surface area contributed by atoms with E-state index in [-0.39, 0.29) is 17.3 Å². The highest BCUT2D eigenvalue weighted by Crippen LogP contribution is 2.45. The van der Waals surface area contributed by atoms with Crippen molar-refractivity contribution in [3.63, 3.8) is 0 Å². The van der Waals surface area contributed by atoms with Crippen LogP contribution in [0.4, 0.5) is 17.2 Å². The van der Waals surface area contributed by atoms with Gasteiger partial charge in [-0.25, -0.2) is 19.7 Å². The second-order valence-corrected chi connectivity index (χ2v) is 7.85. The summed E-state index contributed by atoms with van der Waals surface area (Å²) in [6.45, 7) is 2.52. The zero-order chi connectivity index (χ0) is 23.7. The molecule has 0 bridgehead atoms. The minimum Gasteiger partial charge on any atom is -0.505 e. The number of anilines is 3. The summed E-state index contributed by atoms with van der Waals surface area (Å²) < 4.78 is 12.3. The molecule has 0 amide bonds. The monoisotopic (exact) mass is 460 g/mol. The van der Waals surface area contributed by atoms with Crippen LogP contribution in [0.5, 0.6) is 5.75 Å². The Balaban J connectivity index is 1.70. The molecule has 0 spiro atoms. The molecule has 10 nitrogen and oxygen atoms in total. The first kappa shape index (κ1) is 21.7. The summed E-state index contributed by atoms with van der Waals surface area (Å²) in [5.41, 5.74) is 4.27. The highest BCUT2D eigenvalue weighted by molar-refractivity contribution is 6.01. The number of para-hydroxylation sites is 1. The van der Waals surface area contributed by atoms with Crippen LogP contribution in [0.25, 0.3) is 22.2 Å². The van der Waals surface area contributed by atoms with Gasteiger partial charge in [0.2, 0.25) is 0 Å². The first-order valence-corrected chi connectivity index (χ1v) is 10.8. The first-order chi connectivity index (χ1) is 16.6. The molecule has 1 aliphatic heterocycles. The number of imidazole rings is 1. The molecule has 5 rings (SSSR count). The lowest BCUT2D eigenvalue weighted by Gasteiger charge is -2.30. The molecule has 10 heteroatoms. The van der Waals surface area contributed by atoms with Gasteiger partial charge >= 0.3 is 5.97 Å². The number of fused-ring (bicyclic) bond motifs is 1. The number of methoxy groups -OCH3 is 1. The van der Waals surface area contributed by atoms with Crippen LogP contribution < -0.4 is 10.2 Å². The number of aromatic nitrogens is 4. The minimum absolute atomic E-state index is 0.0451. The maximum atomic E-state index is 12.2. The topological polar surface area (TPSA) is 115 Å². The average molecular weight is 460 g/mol. The number of benzene rings is 2. The van der Waals surface area contributed by atoms with Crippen LogP contribution in [0.3, 0.4) is 0 Å². The number of rotatable bonds is 5. The second-order valence-electron chi connectivity index (χ2n) is 7.85. The SMILES string of the molecule is COC(=O)c1nccnc1Nc1ccc(N2CCOCC2)c(O)c1-c1cccc2c1ncn2C. The fourth-order valence-electron chi connectivity index (χ4n) is 4.18. The van der Waals surface area contributed by atoms with Crippen LogP contribution in [-0.2, 0) is 16.5 Å². The number of aryl methyl sites for hydroxylation is 1. The summed E-state index contributed by atoms with van der Waals surface area (Å²) >= 11 is 0. The molecule has 0 saturated carbocycles. The first-order valence-electron chi connectivity index (χ1n) is 10.8. The third-order valence-corrected chi connectivity index (χ3v) is 5.86. The number of phenols is 1. The summed E-state index contributed by atoms with van der Waals surface area (Å²) in [5, 5.41) is 14.7. The van der Waals surface area contributed by atoms with Crippen LogP contribution in [0.1, 0.15) is 10.5 Å². The average Bonchev–Trinajstić information content (AvgIpc) is 3.26. The molecule has 1 aliphatic rings. The van der Waals surface area contributed by atoms with Crippen molar-refractivity contribution < 1.29 is 19.4 Å². The van der Waals surface area contributed by atoms with Gasteiger partial charge in [-0.15, -0.1) is 0 Å². The maximum Gasteiger partial charge on any atom is 0.360 e. The molecule has 34 heavy (non-hydrogen) atoms. The number of hydrogen-bond donors (Lipinski definition) is 2. The summed E-state index contributed by atoms with van der Waals surface area (Å²) in [5.74, 6) is -0.283. The van der Waals surface area contributed by atoms with Crippen molar-refractivity contribution in [2.24, 2.45) is 7.05 Å². The zero-order valence-electron chi connectivity index (χ0n) is 18.9. The molecule has 2 N–H and O–H groups in total. The Morgan fingerprint density at radius 3 is 2.71 bits per heavy atom. The van der Waals surface area contributed by atoms with Crippen LogP contribution in [-0.4, -0.2) is 64.0 Å². The lowest BCUT2D eigenvalue weighted by Crippen LogP contribution is -2.36. The van der Waals surface area contributed by atoms with Crippen LogP contribution >= 0.6 is 0 Å². The van der Waals surface area contributed by atoms with Gasteiger partial charge in [0, 0.05) is 38.1 Å². The molecular formula is C24H24N6O4. The van der Waals surface area contributed by atoms with Gasteiger partial charge in [0.1, 0.15) is 5.75 Å². The van der Waals surface area contributed by atoms with E-state index in [2.05, 4.69) is 25.2 Å². The van der Waals surface area contributed by atoms with Crippen molar-refractivity contribution in [2.45, 2.75) is 0 Å². The molecule has 0 unspecified atom stereocenters. The fourth-order valence-corrected chi connectivity index (χ4v) is 4.18. The number of carbonyl (C=O) groups excluding carboxylic acids is 1. The van der Waals surface area contributed by atoms with Crippen LogP contribution in [0.2, 0.25) is 0 Å². The minimum atomic E-state index is -0.613. The highest BCUT2D eigenvalue weighted by atomic mass is 16.5. The van der Waals surface area contributed by atoms with Crippen molar-refractivity contribution in [2.75, 3.05) is 43.6 Å². The van der Waals surface area contributed by atoms with Gasteiger partial charge in [-0.1, -0.05) is 12.1 Å². The number of phenolic OH excluding ortho intramolecular Hbond substituents is 1. The lowest BCUT2D eigenvalue weighted by atomic mass is 9.99. The lowest BCUT2D eigenvalue weighted by molar-refractivity contribution is 0.0595. The Morgan fingerprint density at radius 2 is 1.91 bits per heavy atom. The van der Waals surface area contributed by atoms with E-state index in [1.807, 2.05) is 41.9 Å². The van der Waals surface area contributed by atoms with Gasteiger partial charge in [0.15, 0.2) is 11.5 Å². The number of aromatic hydroxyl groups is 1. The number of hydrogen-bond acceptors (Lipinski definition) is 9. The largest absolute Gasteiger partial charge is 0.505 e. The second kappa shape index (κ2) is 8.99. The van der Waals surface area contributed by atoms with E-state index >= 15 is 0 Å². The summed E-state index contributed by atoms with van der Waals surface area (Å²) in [6.07, 6.45) is 4.64. The number of nitrogens with one attached hydrogen (secondary N) is 1. The zero-order valence-corrected chi connectivity index (χ0v) is 18.9. The molecule has 2 aromatic heterocycles. The van der Waals surface area contributed by atoms with Crippen molar-refractivity contribution in [3.05, 3.63) is 54.7 Å². The van der Waals surface area contributed by atoms with Crippen molar-refractivity contribution in [3.8, 4) is 16.9 Å². The standard InChI is InChI=1S/C24H24N6O4/c1-29-14-27-20-15(4-3-5-17(20)29)19-16(28-23-21(24(32)33-2)25-8-9-26-23)6-7-18(22(19)31)30-10-12-34-13-11-30/h3-9,14,31H,10-13H2,1-2H3,(H,26,28). The normalized spacial score (nSPS) is 13.8. The Kier molecular flexibility index (Phi) is 5.72. The molecule has 1 saturated heterocycles. The van der Waals surface area contributed by atoms with Gasteiger partial charge in [-0.2, -0.15) is 0 Å². The van der Waals surface area contributed by atoms with Gasteiger partial charge in [0.05, 0.1) is 54.6 Å². The molecule has 1 fully saturated rings. The van der Waals surface area contributed by atoms with E-state index in [4.69, 9.17) is 9.47 Å². The molecule has 0 radical (unpaired) electrons. The van der Waals surface area contributed by atoms with Gasteiger partial charge in [0.25, 0.3) is 0 Å². The quantitative estimate of drug-likeness (QED) is 0.434. The van der Waals surface area contributed by atoms with Crippen molar-refractivity contribution in [1.29, 1.82) is 0 Å². The van der Waals surface area contributed by atoms with E-state index in [1.165, 1.54) is 19.5 Å². The van der Waals surface area contributed by atoms with E-state index < -0.39 is 5.97 Å². The Hall–Kier alpha value is -4.18. The number of nitrogens with zero attached hydrogens (tertiary/aromatic N) is 5. The van der Waals surface area contributed by atoms with E-state index in [9.17, 15) is 9.90 Å². The third-order valence-electron chi connectivity index (χ3n) is 5.86. The van der Waals surface area contributed by atoms with Gasteiger partial charge < -0.3 is 29.4 Å². The number of morpholine rings is 1. The number of ether oxygens (including phenoxy) is 2. The fraction of sp³-hybridized carbons (Fsp3) is 0.250. The maximum absolute atomic E-state index is 12.2. The summed E-state index contributed by atoms with van der Waals surface area (Å²) in [7, 11) is 3.21. The Morgan fingerprint density at radius 1 is 1.12 bits per heavy atom. The van der Waals surface area contributed by atoms with Crippen LogP contribution in [0.15, 0.2) is 49.1 Å². The molecule has 0 atom stereocenters. The van der Waals surface area contributed by atoms with Gasteiger partial charge in [-0.3, -0.25) is 0 Å². The Labute approximate surface area is 195 Å². The predicted octanol–water partition coefficient (Wildman–Crippen LogP) is 3.10. The Bertz CT molecular complexity index is 1360. The molecule has 174 valence electrons. The highest BCUT2D eigenvalue weighted by Gasteiger charge is 2.24. The van der Waals surface area contributed by atoms with Crippen molar-refractivity contribution in [1.82, 2.24) is 19.5 Å². The molecular weight excluding hydrogens is 436 g/mol. The molecule has 0 aliphatic carbocycles. The number of esters is 1. The van der Waals surface area contributed by atoms with Crippen LogP contribution in [0, 0.1) is 0 Å². The van der Waals surface area contributed by atoms with E-state index in [0.717, 1.165) is 16.6 Å². The summed E-state index contributed by atoms with van der Waals surface area (Å²) in [4.78, 5) is 27.3. The number of carbonyl (C=O) groups is 1. The predicted molar refractivity (Wildman–Crippen MR) is 128 cm³/mol. The molecule has 2 aromatic carbocycles. The van der Waals surface area contributed by atoms with E-state index in [0.29, 0.717) is 43.2 Å². The third kappa shape index (κ3) is 3.77. The molecule has 4 aromatic rings. The summed E-state index contributed by atoms with van der Waals surface area (Å²) in [6, 6.07) is 9.51. The molecule has 3 heterocycles. The smallest absolute Gasteiger partial charge is 0.360 e. The van der Waals surface area contributed by atoms with E-state index in [1.54, 1.807) is 6.33 Å². The van der Waals surface area contributed by atoms with Crippen molar-refractivity contribution >= 4 is 34.2 Å².